The number of nitrogens with one attached hydrogen (secondary N) is 4. The van der Waals surface area contributed by atoms with Crippen molar-refractivity contribution in [3.63, 3.8) is 0 Å². The summed E-state index contributed by atoms with van der Waals surface area (Å²) in [6.07, 6.45) is 1.14. The molecule has 0 radical (unpaired) electrons. The molecular formula is C26H26BrFN6O4. The van der Waals surface area contributed by atoms with Crippen LogP contribution >= 0.6 is 15.9 Å². The number of hydrogen-bond acceptors (Lipinski definition) is 8. The van der Waals surface area contributed by atoms with Crippen LogP contribution in [0.3, 0.4) is 0 Å². The zero-order valence-corrected chi connectivity index (χ0v) is 21.8. The molecule has 10 nitrogen and oxygen atoms in total. The summed E-state index contributed by atoms with van der Waals surface area (Å²) in [6, 6.07) is 11.3. The second kappa shape index (κ2) is 11.6. The van der Waals surface area contributed by atoms with E-state index >= 15 is 0 Å². The van der Waals surface area contributed by atoms with Crippen molar-refractivity contribution in [1.82, 2.24) is 16.0 Å². The van der Waals surface area contributed by atoms with Gasteiger partial charge in [0.15, 0.2) is 5.96 Å². The molecule has 1 aliphatic carbocycles. The maximum atomic E-state index is 13.2. The standard InChI is InChI=1S/C26H26BrFN6O4/c27-18-6-15(5-17(9-18)26(14-29)2-3-26)22(1-4-35)34-23(37)13-30-24(38)16-7-20(10-21(36)8-16)33-25-31-11-19(28)12-32-25/h4-10,19,22,36H,1-3,11-13H2,(H,30,38)(H,34,37)(H2,31,32,33)/t22-/m0/s1. The molecule has 1 unspecified atom stereocenters. The highest BCUT2D eigenvalue weighted by molar-refractivity contribution is 9.10. The largest absolute Gasteiger partial charge is 0.508 e. The number of amides is 2. The van der Waals surface area contributed by atoms with Crippen LogP contribution in [0.1, 0.15) is 46.8 Å². The number of aliphatic imine (C=N–C) groups is 1. The Morgan fingerprint density at radius 1 is 1.29 bits per heavy atom. The Morgan fingerprint density at radius 2 is 2.08 bits per heavy atom. The molecule has 1 saturated carbocycles. The number of nitrogens with zero attached hydrogens (tertiary/aromatic N) is 2. The quantitative estimate of drug-likeness (QED) is 0.284. The minimum absolute atomic E-state index is 0.00213. The van der Waals surface area contributed by atoms with Gasteiger partial charge < -0.3 is 31.2 Å². The summed E-state index contributed by atoms with van der Waals surface area (Å²) in [7, 11) is 0. The van der Waals surface area contributed by atoms with Crippen LogP contribution in [0.25, 0.3) is 0 Å². The van der Waals surface area contributed by atoms with Crippen LogP contribution in [0.15, 0.2) is 45.9 Å². The van der Waals surface area contributed by atoms with Crippen molar-refractivity contribution in [3.8, 4) is 11.8 Å². The summed E-state index contributed by atoms with van der Waals surface area (Å²) in [5.41, 5.74) is 1.41. The number of anilines is 1. The molecule has 12 heteroatoms. The molecule has 2 aromatic rings. The number of alkyl halides is 1. The predicted octanol–water partition coefficient (Wildman–Crippen LogP) is 2.60. The summed E-state index contributed by atoms with van der Waals surface area (Å²) in [4.78, 5) is 40.7. The zero-order chi connectivity index (χ0) is 27.3. The minimum atomic E-state index is -1.08. The third-order valence-corrected chi connectivity index (χ3v) is 6.75. The summed E-state index contributed by atoms with van der Waals surface area (Å²) < 4.78 is 14.0. The van der Waals surface area contributed by atoms with Crippen molar-refractivity contribution in [3.05, 3.63) is 57.6 Å². The SMILES string of the molecule is N#CC1(c2cc(Br)cc([C@H](CC=O)NC(=O)CNC(=O)c3cc(O)cc(NC4=NCC(F)CN4)c3)c2)CC1. The number of carbonyl (C=O) groups is 3. The van der Waals surface area contributed by atoms with Gasteiger partial charge in [0.1, 0.15) is 18.2 Å². The summed E-state index contributed by atoms with van der Waals surface area (Å²) >= 11 is 3.45. The first kappa shape index (κ1) is 27.1. The molecule has 0 saturated heterocycles. The molecule has 0 aromatic heterocycles. The van der Waals surface area contributed by atoms with Gasteiger partial charge in [0, 0.05) is 28.2 Å². The van der Waals surface area contributed by atoms with Crippen molar-refractivity contribution in [2.75, 3.05) is 25.0 Å². The molecule has 0 bridgehead atoms. The Labute approximate surface area is 226 Å². The first-order chi connectivity index (χ1) is 18.2. The number of rotatable bonds is 9. The first-order valence-corrected chi connectivity index (χ1v) is 12.8. The number of nitriles is 1. The van der Waals surface area contributed by atoms with Gasteiger partial charge in [-0.1, -0.05) is 22.0 Å². The number of aromatic hydroxyl groups is 1. The lowest BCUT2D eigenvalue weighted by Gasteiger charge is -2.20. The van der Waals surface area contributed by atoms with E-state index in [-0.39, 0.29) is 37.4 Å². The molecule has 4 rings (SSSR count). The van der Waals surface area contributed by atoms with Crippen LogP contribution in [0.2, 0.25) is 0 Å². The highest BCUT2D eigenvalue weighted by Gasteiger charge is 2.45. The number of carbonyl (C=O) groups excluding carboxylic acids is 3. The molecule has 1 aliphatic heterocycles. The monoisotopic (exact) mass is 584 g/mol. The second-order valence-corrected chi connectivity index (χ2v) is 10.1. The normalized spacial score (nSPS) is 18.1. The Bertz CT molecular complexity index is 1320. The fraction of sp³-hybridized carbons (Fsp3) is 0.346. The molecule has 1 heterocycles. The Kier molecular flexibility index (Phi) is 8.26. The van der Waals surface area contributed by atoms with E-state index in [1.165, 1.54) is 18.2 Å². The average Bonchev–Trinajstić information content (AvgIpc) is 3.69. The van der Waals surface area contributed by atoms with E-state index in [2.05, 4.69) is 48.3 Å². The third kappa shape index (κ3) is 6.66. The lowest BCUT2D eigenvalue weighted by atomic mass is 9.93. The lowest BCUT2D eigenvalue weighted by Crippen LogP contribution is -2.41. The molecule has 2 aromatic carbocycles. The smallest absolute Gasteiger partial charge is 0.251 e. The van der Waals surface area contributed by atoms with Gasteiger partial charge in [0.25, 0.3) is 5.91 Å². The molecule has 5 N–H and O–H groups in total. The number of phenolic OH excluding ortho intramolecular Hbond substituents is 1. The summed E-state index contributed by atoms with van der Waals surface area (Å²) in [5.74, 6) is -1.00. The Morgan fingerprint density at radius 3 is 2.74 bits per heavy atom. The maximum absolute atomic E-state index is 13.2. The van der Waals surface area contributed by atoms with Gasteiger partial charge in [-0.15, -0.1) is 0 Å². The van der Waals surface area contributed by atoms with Gasteiger partial charge in [-0.2, -0.15) is 5.26 Å². The van der Waals surface area contributed by atoms with Crippen LogP contribution in [0.5, 0.6) is 5.75 Å². The maximum Gasteiger partial charge on any atom is 0.251 e. The molecule has 2 amide bonds. The Balaban J connectivity index is 1.39. The molecule has 198 valence electrons. The van der Waals surface area contributed by atoms with Crippen molar-refractivity contribution >= 4 is 45.7 Å². The van der Waals surface area contributed by atoms with Crippen LogP contribution in [0.4, 0.5) is 10.1 Å². The molecule has 2 atom stereocenters. The van der Waals surface area contributed by atoms with Gasteiger partial charge in [0.2, 0.25) is 5.91 Å². The number of phenols is 1. The van der Waals surface area contributed by atoms with E-state index in [1.54, 1.807) is 6.07 Å². The summed E-state index contributed by atoms with van der Waals surface area (Å²) in [6.45, 7) is -0.275. The van der Waals surface area contributed by atoms with E-state index in [4.69, 9.17) is 0 Å². The summed E-state index contributed by atoms with van der Waals surface area (Å²) in [5, 5.41) is 30.5. The highest BCUT2D eigenvalue weighted by atomic mass is 79.9. The number of aldehydes is 1. The average molecular weight is 585 g/mol. The van der Waals surface area contributed by atoms with Crippen molar-refractivity contribution in [2.45, 2.75) is 36.9 Å². The van der Waals surface area contributed by atoms with Gasteiger partial charge in [0.05, 0.1) is 37.2 Å². The topological polar surface area (TPSA) is 156 Å². The fourth-order valence-electron chi connectivity index (χ4n) is 4.12. The van der Waals surface area contributed by atoms with Gasteiger partial charge in [-0.25, -0.2) is 9.38 Å². The van der Waals surface area contributed by atoms with Gasteiger partial charge >= 0.3 is 0 Å². The van der Waals surface area contributed by atoms with E-state index in [0.29, 0.717) is 23.5 Å². The number of halogens is 2. The third-order valence-electron chi connectivity index (χ3n) is 6.30. The predicted molar refractivity (Wildman–Crippen MR) is 141 cm³/mol. The van der Waals surface area contributed by atoms with Crippen molar-refractivity contribution < 1.29 is 23.9 Å². The van der Waals surface area contributed by atoms with Crippen molar-refractivity contribution in [1.29, 1.82) is 5.26 Å². The Hall–Kier alpha value is -3.98. The van der Waals surface area contributed by atoms with Gasteiger partial charge in [-0.05, 0) is 48.2 Å². The molecule has 2 aliphatic rings. The highest BCUT2D eigenvalue weighted by Crippen LogP contribution is 2.48. The number of benzene rings is 2. The molecular weight excluding hydrogens is 559 g/mol. The molecule has 1 fully saturated rings. The van der Waals surface area contributed by atoms with E-state index in [9.17, 15) is 29.1 Å². The van der Waals surface area contributed by atoms with Crippen LogP contribution in [-0.2, 0) is 15.0 Å². The van der Waals surface area contributed by atoms with E-state index in [1.807, 2.05) is 12.1 Å². The molecule has 0 spiro atoms. The lowest BCUT2D eigenvalue weighted by molar-refractivity contribution is -0.121. The fourth-order valence-corrected chi connectivity index (χ4v) is 4.63. The second-order valence-electron chi connectivity index (χ2n) is 9.23. The zero-order valence-electron chi connectivity index (χ0n) is 20.3. The first-order valence-electron chi connectivity index (χ1n) is 12.0. The number of guanidine groups is 1. The van der Waals surface area contributed by atoms with E-state index in [0.717, 1.165) is 22.9 Å². The van der Waals surface area contributed by atoms with E-state index < -0.39 is 29.4 Å². The van der Waals surface area contributed by atoms with Crippen LogP contribution in [0, 0.1) is 11.3 Å². The van der Waals surface area contributed by atoms with Crippen LogP contribution < -0.4 is 21.3 Å². The molecule has 38 heavy (non-hydrogen) atoms. The van der Waals surface area contributed by atoms with Gasteiger partial charge in [-0.3, -0.25) is 9.59 Å². The minimum Gasteiger partial charge on any atom is -0.508 e. The van der Waals surface area contributed by atoms with Crippen LogP contribution in [-0.4, -0.2) is 55.0 Å². The number of hydrogen-bond donors (Lipinski definition) is 5. The van der Waals surface area contributed by atoms with Crippen molar-refractivity contribution in [2.24, 2.45) is 4.99 Å².